The molecule has 2 N–H and O–H groups in total. The number of unbranched alkanes of at least 4 members (excludes halogenated alkanes) is 1. The summed E-state index contributed by atoms with van der Waals surface area (Å²) >= 11 is 0. The van der Waals surface area contributed by atoms with Crippen LogP contribution in [0.15, 0.2) is 30.3 Å². The van der Waals surface area contributed by atoms with Gasteiger partial charge in [-0.25, -0.2) is 4.98 Å². The van der Waals surface area contributed by atoms with E-state index in [9.17, 15) is 0 Å². The van der Waals surface area contributed by atoms with Crippen LogP contribution in [0.4, 0.5) is 23.1 Å². The number of benzene rings is 1. The fraction of sp³-hybridized carbons (Fsp3) is 0.412. The van der Waals surface area contributed by atoms with Crippen LogP contribution in [0.5, 0.6) is 0 Å². The molecule has 0 aliphatic rings. The lowest BCUT2D eigenvalue weighted by Crippen LogP contribution is -2.08. The molecule has 2 rings (SSSR count). The summed E-state index contributed by atoms with van der Waals surface area (Å²) < 4.78 is 0. The standard InChI is InChI=1S/C17H25N5/c1-5-6-11-18-16-12-13(2)19-17(21-16)20-14-7-9-15(10-8-14)22(3)4/h7-10,12H,5-6,11H2,1-4H3,(H2,18,19,20,21). The van der Waals surface area contributed by atoms with E-state index >= 15 is 0 Å². The highest BCUT2D eigenvalue weighted by molar-refractivity contribution is 5.59. The predicted molar refractivity (Wildman–Crippen MR) is 94.2 cm³/mol. The number of rotatable bonds is 7. The molecule has 0 saturated heterocycles. The van der Waals surface area contributed by atoms with Gasteiger partial charge >= 0.3 is 0 Å². The lowest BCUT2D eigenvalue weighted by atomic mass is 10.2. The SMILES string of the molecule is CCCCNc1cc(C)nc(Nc2ccc(N(C)C)cc2)n1. The molecule has 0 radical (unpaired) electrons. The largest absolute Gasteiger partial charge is 0.378 e. The van der Waals surface area contributed by atoms with E-state index in [2.05, 4.69) is 44.6 Å². The third-order valence-electron chi connectivity index (χ3n) is 3.33. The first-order chi connectivity index (χ1) is 10.6. The Morgan fingerprint density at radius 2 is 1.82 bits per heavy atom. The van der Waals surface area contributed by atoms with E-state index < -0.39 is 0 Å². The molecule has 0 unspecified atom stereocenters. The number of aromatic nitrogens is 2. The van der Waals surface area contributed by atoms with Crippen molar-refractivity contribution in [2.45, 2.75) is 26.7 Å². The first-order valence-electron chi connectivity index (χ1n) is 7.72. The molecule has 0 amide bonds. The third kappa shape index (κ3) is 4.62. The van der Waals surface area contributed by atoms with Crippen molar-refractivity contribution >= 4 is 23.1 Å². The number of aryl methyl sites for hydroxylation is 1. The molecule has 0 saturated carbocycles. The van der Waals surface area contributed by atoms with Crippen molar-refractivity contribution in [1.29, 1.82) is 0 Å². The second-order valence-electron chi connectivity index (χ2n) is 5.56. The molecule has 0 aliphatic heterocycles. The van der Waals surface area contributed by atoms with Gasteiger partial charge in [0.05, 0.1) is 0 Å². The Bertz CT molecular complexity index is 592. The molecule has 0 spiro atoms. The van der Waals surface area contributed by atoms with Crippen molar-refractivity contribution < 1.29 is 0 Å². The minimum atomic E-state index is 0.622. The first kappa shape index (κ1) is 16.1. The fourth-order valence-electron chi connectivity index (χ4n) is 2.08. The Labute approximate surface area is 132 Å². The van der Waals surface area contributed by atoms with Crippen LogP contribution >= 0.6 is 0 Å². The van der Waals surface area contributed by atoms with Crippen LogP contribution in [0.1, 0.15) is 25.5 Å². The van der Waals surface area contributed by atoms with Gasteiger partial charge in [0, 0.05) is 43.8 Å². The summed E-state index contributed by atoms with van der Waals surface area (Å²) in [6.07, 6.45) is 2.30. The predicted octanol–water partition coefficient (Wildman–Crippen LogP) is 3.81. The summed E-state index contributed by atoms with van der Waals surface area (Å²) in [6.45, 7) is 5.09. The second-order valence-corrected chi connectivity index (χ2v) is 5.56. The average Bonchev–Trinajstić information content (AvgIpc) is 2.47. The van der Waals surface area contributed by atoms with Crippen molar-refractivity contribution in [2.24, 2.45) is 0 Å². The van der Waals surface area contributed by atoms with E-state index in [-0.39, 0.29) is 0 Å². The maximum absolute atomic E-state index is 4.51. The molecule has 1 aromatic heterocycles. The average molecular weight is 299 g/mol. The zero-order valence-corrected chi connectivity index (χ0v) is 13.8. The van der Waals surface area contributed by atoms with E-state index in [1.165, 1.54) is 6.42 Å². The molecule has 1 aromatic carbocycles. The summed E-state index contributed by atoms with van der Waals surface area (Å²) in [4.78, 5) is 11.0. The van der Waals surface area contributed by atoms with Crippen LogP contribution in [0.3, 0.4) is 0 Å². The Kier molecular flexibility index (Phi) is 5.58. The normalized spacial score (nSPS) is 10.4. The van der Waals surface area contributed by atoms with Gasteiger partial charge < -0.3 is 15.5 Å². The van der Waals surface area contributed by atoms with Crippen LogP contribution in [-0.2, 0) is 0 Å². The zero-order chi connectivity index (χ0) is 15.9. The Morgan fingerprint density at radius 1 is 1.09 bits per heavy atom. The Balaban J connectivity index is 2.08. The van der Waals surface area contributed by atoms with Crippen LogP contribution in [0.25, 0.3) is 0 Å². The molecule has 0 atom stereocenters. The summed E-state index contributed by atoms with van der Waals surface area (Å²) in [5.74, 6) is 1.49. The van der Waals surface area contributed by atoms with Gasteiger partial charge in [-0.1, -0.05) is 13.3 Å². The Morgan fingerprint density at radius 3 is 2.45 bits per heavy atom. The highest BCUT2D eigenvalue weighted by Crippen LogP contribution is 2.19. The quantitative estimate of drug-likeness (QED) is 0.761. The smallest absolute Gasteiger partial charge is 0.229 e. The minimum absolute atomic E-state index is 0.622. The number of nitrogens with zero attached hydrogens (tertiary/aromatic N) is 3. The molecule has 0 aliphatic carbocycles. The molecular formula is C17H25N5. The molecule has 0 fully saturated rings. The topological polar surface area (TPSA) is 53.1 Å². The molecule has 1 heterocycles. The van der Waals surface area contributed by atoms with Gasteiger partial charge in [-0.05, 0) is 37.6 Å². The first-order valence-corrected chi connectivity index (χ1v) is 7.72. The molecule has 5 heteroatoms. The van der Waals surface area contributed by atoms with Gasteiger partial charge in [0.25, 0.3) is 0 Å². The van der Waals surface area contributed by atoms with Crippen LogP contribution < -0.4 is 15.5 Å². The fourth-order valence-corrected chi connectivity index (χ4v) is 2.08. The van der Waals surface area contributed by atoms with Crippen LogP contribution in [-0.4, -0.2) is 30.6 Å². The van der Waals surface area contributed by atoms with Crippen molar-refractivity contribution in [2.75, 3.05) is 36.2 Å². The molecular weight excluding hydrogens is 274 g/mol. The summed E-state index contributed by atoms with van der Waals surface area (Å²) in [6, 6.07) is 10.2. The maximum Gasteiger partial charge on any atom is 0.229 e. The van der Waals surface area contributed by atoms with Crippen molar-refractivity contribution in [1.82, 2.24) is 9.97 Å². The van der Waals surface area contributed by atoms with E-state index in [1.807, 2.05) is 39.2 Å². The zero-order valence-electron chi connectivity index (χ0n) is 13.8. The molecule has 118 valence electrons. The third-order valence-corrected chi connectivity index (χ3v) is 3.33. The van der Waals surface area contributed by atoms with Gasteiger partial charge in [-0.3, -0.25) is 0 Å². The molecule has 2 aromatic rings. The number of nitrogens with one attached hydrogen (secondary N) is 2. The Hall–Kier alpha value is -2.30. The summed E-state index contributed by atoms with van der Waals surface area (Å²) in [7, 11) is 4.06. The number of anilines is 4. The highest BCUT2D eigenvalue weighted by Gasteiger charge is 2.03. The van der Waals surface area contributed by atoms with Crippen molar-refractivity contribution in [3.05, 3.63) is 36.0 Å². The van der Waals surface area contributed by atoms with E-state index in [1.54, 1.807) is 0 Å². The lowest BCUT2D eigenvalue weighted by molar-refractivity contribution is 0.830. The summed E-state index contributed by atoms with van der Waals surface area (Å²) in [5, 5.41) is 6.60. The van der Waals surface area contributed by atoms with E-state index in [4.69, 9.17) is 0 Å². The van der Waals surface area contributed by atoms with Crippen LogP contribution in [0, 0.1) is 6.92 Å². The molecule has 0 bridgehead atoms. The van der Waals surface area contributed by atoms with Gasteiger partial charge in [0.2, 0.25) is 5.95 Å². The maximum atomic E-state index is 4.51. The van der Waals surface area contributed by atoms with Gasteiger partial charge in [-0.15, -0.1) is 0 Å². The number of hydrogen-bond acceptors (Lipinski definition) is 5. The summed E-state index contributed by atoms with van der Waals surface area (Å²) in [5.41, 5.74) is 3.09. The van der Waals surface area contributed by atoms with Gasteiger partial charge in [0.15, 0.2) is 0 Å². The van der Waals surface area contributed by atoms with E-state index in [0.29, 0.717) is 5.95 Å². The minimum Gasteiger partial charge on any atom is -0.378 e. The van der Waals surface area contributed by atoms with Gasteiger partial charge in [0.1, 0.15) is 5.82 Å². The number of hydrogen-bond donors (Lipinski definition) is 2. The molecule has 22 heavy (non-hydrogen) atoms. The lowest BCUT2D eigenvalue weighted by Gasteiger charge is -2.13. The van der Waals surface area contributed by atoms with Gasteiger partial charge in [-0.2, -0.15) is 4.98 Å². The second kappa shape index (κ2) is 7.64. The monoisotopic (exact) mass is 299 g/mol. The molecule has 5 nitrogen and oxygen atoms in total. The highest BCUT2D eigenvalue weighted by atomic mass is 15.1. The van der Waals surface area contributed by atoms with Crippen molar-refractivity contribution in [3.63, 3.8) is 0 Å². The van der Waals surface area contributed by atoms with E-state index in [0.717, 1.165) is 35.9 Å². The van der Waals surface area contributed by atoms with Crippen molar-refractivity contribution in [3.8, 4) is 0 Å². The van der Waals surface area contributed by atoms with Crippen LogP contribution in [0.2, 0.25) is 0 Å².